The molecule has 0 fully saturated rings. The van der Waals surface area contributed by atoms with Gasteiger partial charge in [0, 0.05) is 5.56 Å². The van der Waals surface area contributed by atoms with Crippen LogP contribution in [0.25, 0.3) is 0 Å². The second-order valence-electron chi connectivity index (χ2n) is 5.41. The zero-order chi connectivity index (χ0) is 19.9. The van der Waals surface area contributed by atoms with Gasteiger partial charge >= 0.3 is 0 Å². The Balaban J connectivity index is 1.50. The first-order valence-corrected chi connectivity index (χ1v) is 9.99. The number of nitrogens with zero attached hydrogens (tertiary/aromatic N) is 4. The van der Waals surface area contributed by atoms with Gasteiger partial charge in [-0.25, -0.2) is 4.39 Å². The molecule has 28 heavy (non-hydrogen) atoms. The number of thioether (sulfide) groups is 1. The molecule has 8 nitrogen and oxygen atoms in total. The van der Waals surface area contributed by atoms with Gasteiger partial charge in [-0.05, 0) is 36.8 Å². The average Bonchev–Trinajstić information content (AvgIpc) is 3.15. The SMILES string of the molecule is CCc1nnc(NC(=O)CSc2ccc(NC(=O)c3cccc(F)c3)nn2)s1. The smallest absolute Gasteiger partial charge is 0.256 e. The van der Waals surface area contributed by atoms with Gasteiger partial charge in [0.2, 0.25) is 11.0 Å². The number of amides is 2. The maximum Gasteiger partial charge on any atom is 0.256 e. The van der Waals surface area contributed by atoms with E-state index in [2.05, 4.69) is 31.0 Å². The Morgan fingerprint density at radius 3 is 2.64 bits per heavy atom. The maximum atomic E-state index is 13.2. The van der Waals surface area contributed by atoms with Crippen LogP contribution >= 0.6 is 23.1 Å². The number of rotatable bonds is 7. The summed E-state index contributed by atoms with van der Waals surface area (Å²) in [5.74, 6) is -0.858. The fraction of sp³-hybridized carbons (Fsp3) is 0.176. The average molecular weight is 418 g/mol. The molecule has 2 aromatic heterocycles. The molecule has 2 N–H and O–H groups in total. The highest BCUT2D eigenvalue weighted by Crippen LogP contribution is 2.18. The number of nitrogens with one attached hydrogen (secondary N) is 2. The minimum Gasteiger partial charge on any atom is -0.305 e. The number of hydrogen-bond acceptors (Lipinski definition) is 8. The Labute approximate surface area is 168 Å². The number of aryl methyl sites for hydroxylation is 1. The molecule has 3 rings (SSSR count). The van der Waals surface area contributed by atoms with Crippen LogP contribution < -0.4 is 10.6 Å². The van der Waals surface area contributed by atoms with Crippen molar-refractivity contribution in [3.63, 3.8) is 0 Å². The molecule has 0 unspecified atom stereocenters. The summed E-state index contributed by atoms with van der Waals surface area (Å²) >= 11 is 2.53. The summed E-state index contributed by atoms with van der Waals surface area (Å²) in [4.78, 5) is 24.0. The number of carbonyl (C=O) groups excluding carboxylic acids is 2. The van der Waals surface area contributed by atoms with Crippen molar-refractivity contribution in [2.75, 3.05) is 16.4 Å². The van der Waals surface area contributed by atoms with Crippen molar-refractivity contribution in [1.29, 1.82) is 0 Å². The van der Waals surface area contributed by atoms with Crippen LogP contribution in [0.1, 0.15) is 22.3 Å². The molecular weight excluding hydrogens is 403 g/mol. The first-order chi connectivity index (χ1) is 13.5. The topological polar surface area (TPSA) is 110 Å². The Kier molecular flexibility index (Phi) is 6.61. The number of halogens is 1. The van der Waals surface area contributed by atoms with Crippen LogP contribution in [0.2, 0.25) is 0 Å². The van der Waals surface area contributed by atoms with Gasteiger partial charge in [0.15, 0.2) is 5.82 Å². The molecule has 0 radical (unpaired) electrons. The summed E-state index contributed by atoms with van der Waals surface area (Å²) in [5.41, 5.74) is 0.180. The van der Waals surface area contributed by atoms with E-state index < -0.39 is 11.7 Å². The van der Waals surface area contributed by atoms with Gasteiger partial charge in [-0.2, -0.15) is 0 Å². The number of aromatic nitrogens is 4. The first-order valence-electron chi connectivity index (χ1n) is 8.19. The molecule has 3 aromatic rings. The van der Waals surface area contributed by atoms with Gasteiger partial charge in [0.1, 0.15) is 15.9 Å². The maximum absolute atomic E-state index is 13.2. The molecule has 144 valence electrons. The van der Waals surface area contributed by atoms with Crippen LogP contribution in [0.3, 0.4) is 0 Å². The summed E-state index contributed by atoms with van der Waals surface area (Å²) in [6, 6.07) is 8.52. The van der Waals surface area contributed by atoms with Crippen molar-refractivity contribution >= 4 is 45.9 Å². The van der Waals surface area contributed by atoms with Crippen molar-refractivity contribution in [1.82, 2.24) is 20.4 Å². The van der Waals surface area contributed by atoms with E-state index in [9.17, 15) is 14.0 Å². The van der Waals surface area contributed by atoms with Crippen LogP contribution in [0.15, 0.2) is 41.4 Å². The van der Waals surface area contributed by atoms with Crippen molar-refractivity contribution in [3.8, 4) is 0 Å². The van der Waals surface area contributed by atoms with Crippen LogP contribution in [0.5, 0.6) is 0 Å². The molecule has 0 saturated heterocycles. The lowest BCUT2D eigenvalue weighted by atomic mass is 10.2. The third kappa shape index (κ3) is 5.54. The molecule has 0 aliphatic rings. The molecule has 11 heteroatoms. The van der Waals surface area contributed by atoms with Crippen LogP contribution in [-0.4, -0.2) is 38.0 Å². The van der Waals surface area contributed by atoms with Gasteiger partial charge in [-0.3, -0.25) is 14.9 Å². The third-order valence-electron chi connectivity index (χ3n) is 3.34. The van der Waals surface area contributed by atoms with E-state index in [0.717, 1.165) is 17.5 Å². The summed E-state index contributed by atoms with van der Waals surface area (Å²) in [5, 5.41) is 22.7. The largest absolute Gasteiger partial charge is 0.305 e. The van der Waals surface area contributed by atoms with E-state index in [0.29, 0.717) is 10.2 Å². The Morgan fingerprint density at radius 1 is 1.11 bits per heavy atom. The lowest BCUT2D eigenvalue weighted by Crippen LogP contribution is -2.14. The highest BCUT2D eigenvalue weighted by atomic mass is 32.2. The van der Waals surface area contributed by atoms with Crippen molar-refractivity contribution in [2.24, 2.45) is 0 Å². The number of carbonyl (C=O) groups is 2. The molecule has 0 aliphatic carbocycles. The zero-order valence-corrected chi connectivity index (χ0v) is 16.3. The fourth-order valence-electron chi connectivity index (χ4n) is 2.02. The van der Waals surface area contributed by atoms with Crippen LogP contribution in [0.4, 0.5) is 15.3 Å². The number of hydrogen-bond donors (Lipinski definition) is 2. The molecular formula is C17H15FN6O2S2. The van der Waals surface area contributed by atoms with Gasteiger partial charge in [0.05, 0.1) is 5.75 Å². The third-order valence-corrected chi connectivity index (χ3v) is 5.24. The van der Waals surface area contributed by atoms with E-state index >= 15 is 0 Å². The van der Waals surface area contributed by atoms with Crippen molar-refractivity contribution in [2.45, 2.75) is 18.4 Å². The highest BCUT2D eigenvalue weighted by molar-refractivity contribution is 7.99. The first kappa shape index (κ1) is 19.8. The van der Waals surface area contributed by atoms with Crippen molar-refractivity contribution < 1.29 is 14.0 Å². The van der Waals surface area contributed by atoms with Gasteiger partial charge in [0.25, 0.3) is 5.91 Å². The van der Waals surface area contributed by atoms with E-state index in [1.165, 1.54) is 41.3 Å². The van der Waals surface area contributed by atoms with Gasteiger partial charge < -0.3 is 5.32 Å². The van der Waals surface area contributed by atoms with E-state index in [-0.39, 0.29) is 23.0 Å². The molecule has 0 spiro atoms. The Morgan fingerprint density at radius 2 is 1.96 bits per heavy atom. The monoisotopic (exact) mass is 418 g/mol. The predicted octanol–water partition coefficient (Wildman–Crippen LogP) is 3.01. The zero-order valence-electron chi connectivity index (χ0n) is 14.7. The predicted molar refractivity (Wildman–Crippen MR) is 105 cm³/mol. The normalized spacial score (nSPS) is 10.5. The number of anilines is 2. The minimum absolute atomic E-state index is 0.130. The Bertz CT molecular complexity index is 980. The lowest BCUT2D eigenvalue weighted by Gasteiger charge is -2.05. The number of benzene rings is 1. The summed E-state index contributed by atoms with van der Waals surface area (Å²) in [6.45, 7) is 1.96. The van der Waals surface area contributed by atoms with Gasteiger partial charge in [-0.15, -0.1) is 20.4 Å². The molecule has 0 atom stereocenters. The lowest BCUT2D eigenvalue weighted by molar-refractivity contribution is -0.113. The van der Waals surface area contributed by atoms with Gasteiger partial charge in [-0.1, -0.05) is 36.1 Å². The molecule has 2 amide bonds. The molecule has 0 bridgehead atoms. The fourth-order valence-corrected chi connectivity index (χ4v) is 3.33. The summed E-state index contributed by atoms with van der Waals surface area (Å²) in [7, 11) is 0. The van der Waals surface area contributed by atoms with E-state index in [1.54, 1.807) is 12.1 Å². The quantitative estimate of drug-likeness (QED) is 0.568. The highest BCUT2D eigenvalue weighted by Gasteiger charge is 2.10. The molecule has 1 aromatic carbocycles. The summed E-state index contributed by atoms with van der Waals surface area (Å²) < 4.78 is 13.2. The molecule has 0 saturated carbocycles. The minimum atomic E-state index is -0.497. The molecule has 2 heterocycles. The second kappa shape index (κ2) is 9.33. The van der Waals surface area contributed by atoms with Crippen LogP contribution in [0, 0.1) is 5.82 Å². The standard InChI is InChI=1S/C17H15FN6O2S2/c1-2-14-22-24-17(28-14)20-13(25)9-27-15-7-6-12(21-23-15)19-16(26)10-4-3-5-11(18)8-10/h3-8H,2,9H2,1H3,(H,19,21,26)(H,20,24,25). The summed E-state index contributed by atoms with van der Waals surface area (Å²) in [6.07, 6.45) is 0.764. The molecule has 0 aliphatic heterocycles. The van der Waals surface area contributed by atoms with Crippen LogP contribution in [-0.2, 0) is 11.2 Å². The Hall–Kier alpha value is -2.92. The van der Waals surface area contributed by atoms with Crippen molar-refractivity contribution in [3.05, 3.63) is 52.8 Å². The van der Waals surface area contributed by atoms with E-state index in [4.69, 9.17) is 0 Å². The van der Waals surface area contributed by atoms with E-state index in [1.807, 2.05) is 6.92 Å². The second-order valence-corrected chi connectivity index (χ2v) is 7.47.